The van der Waals surface area contributed by atoms with Crippen LogP contribution in [-0.2, 0) is 0 Å². The van der Waals surface area contributed by atoms with Gasteiger partial charge in [0.05, 0.1) is 11.6 Å². The molecule has 0 aliphatic rings. The average Bonchev–Trinajstić information content (AvgIpc) is 2.81. The largest absolute Gasteiger partial charge is 0.319 e. The zero-order valence-corrected chi connectivity index (χ0v) is 10.3. The summed E-state index contributed by atoms with van der Waals surface area (Å²) in [7, 11) is 0. The second-order valence-electron chi connectivity index (χ2n) is 3.94. The molecule has 19 heavy (non-hydrogen) atoms. The summed E-state index contributed by atoms with van der Waals surface area (Å²) in [6.45, 7) is 3.17. The Balaban J connectivity index is 2.31. The van der Waals surface area contributed by atoms with Crippen LogP contribution in [0.3, 0.4) is 0 Å². The van der Waals surface area contributed by atoms with Gasteiger partial charge in [-0.3, -0.25) is 9.89 Å². The number of hydrogen-bond donors (Lipinski definition) is 2. The van der Waals surface area contributed by atoms with Crippen LogP contribution < -0.4 is 5.32 Å². The average molecular weight is 259 g/mol. The van der Waals surface area contributed by atoms with Crippen molar-refractivity contribution in [1.29, 1.82) is 5.26 Å². The number of anilines is 1. The number of amides is 1. The molecular weight excluding hydrogens is 249 g/mol. The van der Waals surface area contributed by atoms with Gasteiger partial charge >= 0.3 is 0 Å². The van der Waals surface area contributed by atoms with Crippen molar-refractivity contribution in [2.45, 2.75) is 13.8 Å². The van der Waals surface area contributed by atoms with Crippen molar-refractivity contribution >= 4 is 11.6 Å². The number of nitrogens with zero attached hydrogens (tertiary/aromatic N) is 3. The quantitative estimate of drug-likeness (QED) is 0.857. The first-order chi connectivity index (χ1) is 9.01. The van der Waals surface area contributed by atoms with E-state index in [0.29, 0.717) is 5.82 Å². The topological polar surface area (TPSA) is 94.5 Å². The van der Waals surface area contributed by atoms with Gasteiger partial charge in [-0.2, -0.15) is 5.26 Å². The number of rotatable bonds is 2. The van der Waals surface area contributed by atoms with E-state index in [0.717, 1.165) is 6.07 Å². The first-order valence-electron chi connectivity index (χ1n) is 5.42. The second-order valence-corrected chi connectivity index (χ2v) is 3.94. The first-order valence-corrected chi connectivity index (χ1v) is 5.42. The van der Waals surface area contributed by atoms with Gasteiger partial charge in [-0.1, -0.05) is 0 Å². The van der Waals surface area contributed by atoms with Crippen LogP contribution in [0.5, 0.6) is 0 Å². The molecule has 0 spiro atoms. The fourth-order valence-corrected chi connectivity index (χ4v) is 1.50. The number of aromatic amines is 1. The zero-order valence-electron chi connectivity index (χ0n) is 10.3. The van der Waals surface area contributed by atoms with E-state index in [1.165, 1.54) is 13.0 Å². The molecule has 2 rings (SSSR count). The van der Waals surface area contributed by atoms with Crippen LogP contribution in [0.15, 0.2) is 12.1 Å². The molecule has 96 valence electrons. The minimum absolute atomic E-state index is 0.0420. The molecule has 1 amide bonds. The van der Waals surface area contributed by atoms with Gasteiger partial charge in [-0.15, -0.1) is 5.10 Å². The molecule has 0 aliphatic carbocycles. The number of H-pyrrole nitrogens is 1. The maximum absolute atomic E-state index is 13.5. The Bertz CT molecular complexity index is 686. The van der Waals surface area contributed by atoms with Crippen LogP contribution in [-0.4, -0.2) is 21.1 Å². The van der Waals surface area contributed by atoms with Crippen LogP contribution in [0.1, 0.15) is 27.6 Å². The Morgan fingerprint density at radius 3 is 2.79 bits per heavy atom. The molecule has 1 aromatic carbocycles. The summed E-state index contributed by atoms with van der Waals surface area (Å²) in [6, 6.07) is 4.34. The van der Waals surface area contributed by atoms with Crippen molar-refractivity contribution in [3.05, 3.63) is 40.7 Å². The lowest BCUT2D eigenvalue weighted by molar-refractivity contribution is 0.101. The fourth-order valence-electron chi connectivity index (χ4n) is 1.50. The summed E-state index contributed by atoms with van der Waals surface area (Å²) in [5, 5.41) is 17.5. The number of carbonyl (C=O) groups excluding carboxylic acids is 1. The van der Waals surface area contributed by atoms with Gasteiger partial charge < -0.3 is 5.32 Å². The Labute approximate surface area is 108 Å². The van der Waals surface area contributed by atoms with E-state index < -0.39 is 11.7 Å². The normalized spacial score (nSPS) is 10.0. The fraction of sp³-hybridized carbons (Fsp3) is 0.167. The lowest BCUT2D eigenvalue weighted by atomic mass is 10.1. The summed E-state index contributed by atoms with van der Waals surface area (Å²) >= 11 is 0. The smallest absolute Gasteiger partial charge is 0.295 e. The van der Waals surface area contributed by atoms with Crippen molar-refractivity contribution < 1.29 is 9.18 Å². The van der Waals surface area contributed by atoms with Crippen molar-refractivity contribution in [2.75, 3.05) is 5.32 Å². The minimum Gasteiger partial charge on any atom is -0.319 e. The van der Waals surface area contributed by atoms with E-state index in [2.05, 4.69) is 20.5 Å². The molecule has 0 bridgehead atoms. The van der Waals surface area contributed by atoms with Gasteiger partial charge in [-0.05, 0) is 26.0 Å². The predicted octanol–water partition coefficient (Wildman–Crippen LogP) is 1.68. The highest BCUT2D eigenvalue weighted by Crippen LogP contribution is 2.20. The van der Waals surface area contributed by atoms with E-state index in [-0.39, 0.29) is 22.6 Å². The van der Waals surface area contributed by atoms with E-state index in [1.807, 2.05) is 6.07 Å². The predicted molar refractivity (Wildman–Crippen MR) is 64.9 cm³/mol. The molecule has 1 heterocycles. The highest BCUT2D eigenvalue weighted by atomic mass is 19.1. The molecule has 0 saturated carbocycles. The van der Waals surface area contributed by atoms with E-state index in [9.17, 15) is 9.18 Å². The van der Waals surface area contributed by atoms with Crippen LogP contribution >= 0.6 is 0 Å². The van der Waals surface area contributed by atoms with Crippen molar-refractivity contribution in [2.24, 2.45) is 0 Å². The monoisotopic (exact) mass is 259 g/mol. The number of hydrogen-bond acceptors (Lipinski definition) is 4. The minimum atomic E-state index is -0.568. The van der Waals surface area contributed by atoms with E-state index >= 15 is 0 Å². The Hall–Kier alpha value is -2.75. The maximum Gasteiger partial charge on any atom is 0.295 e. The van der Waals surface area contributed by atoms with Crippen LogP contribution in [0.4, 0.5) is 10.1 Å². The van der Waals surface area contributed by atoms with Crippen LogP contribution in [0.2, 0.25) is 0 Å². The van der Waals surface area contributed by atoms with Crippen LogP contribution in [0.25, 0.3) is 0 Å². The number of aromatic nitrogens is 3. The van der Waals surface area contributed by atoms with Gasteiger partial charge in [0.25, 0.3) is 5.91 Å². The van der Waals surface area contributed by atoms with Gasteiger partial charge in [-0.25, -0.2) is 9.37 Å². The van der Waals surface area contributed by atoms with E-state index in [1.54, 1.807) is 6.92 Å². The van der Waals surface area contributed by atoms with E-state index in [4.69, 9.17) is 5.26 Å². The van der Waals surface area contributed by atoms with Crippen molar-refractivity contribution in [3.8, 4) is 6.07 Å². The number of carbonyl (C=O) groups is 1. The molecule has 0 aliphatic heterocycles. The lowest BCUT2D eigenvalue weighted by Gasteiger charge is -2.08. The SMILES string of the molecule is Cc1nc(C(=O)Nc2cc(C#N)cc(F)c2C)n[nH]1. The number of aryl methyl sites for hydroxylation is 1. The molecule has 0 saturated heterocycles. The molecule has 0 radical (unpaired) electrons. The van der Waals surface area contributed by atoms with Gasteiger partial charge in [0.1, 0.15) is 11.6 Å². The molecule has 1 aromatic heterocycles. The molecular formula is C12H10FN5O. The molecule has 6 nitrogen and oxygen atoms in total. The lowest BCUT2D eigenvalue weighted by Crippen LogP contribution is -2.15. The number of nitrogens with one attached hydrogen (secondary N) is 2. The number of nitriles is 1. The number of halogens is 1. The molecule has 2 aromatic rings. The van der Waals surface area contributed by atoms with Gasteiger partial charge in [0.15, 0.2) is 0 Å². The van der Waals surface area contributed by atoms with Crippen molar-refractivity contribution in [1.82, 2.24) is 15.2 Å². The summed E-state index contributed by atoms with van der Waals surface area (Å²) in [6.07, 6.45) is 0. The van der Waals surface area contributed by atoms with Gasteiger partial charge in [0.2, 0.25) is 5.82 Å². The van der Waals surface area contributed by atoms with Gasteiger partial charge in [0, 0.05) is 11.3 Å². The second kappa shape index (κ2) is 4.86. The first kappa shape index (κ1) is 12.7. The molecule has 7 heteroatoms. The summed E-state index contributed by atoms with van der Waals surface area (Å²) in [5.41, 5.74) is 0.605. The molecule has 0 fully saturated rings. The summed E-state index contributed by atoms with van der Waals surface area (Å²) < 4.78 is 13.5. The highest BCUT2D eigenvalue weighted by molar-refractivity contribution is 6.02. The number of benzene rings is 1. The molecule has 0 unspecified atom stereocenters. The third-order valence-electron chi connectivity index (χ3n) is 2.52. The Kier molecular flexibility index (Phi) is 3.25. The molecule has 0 atom stereocenters. The molecule has 2 N–H and O–H groups in total. The maximum atomic E-state index is 13.5. The summed E-state index contributed by atoms with van der Waals surface area (Å²) in [5.74, 6) is -0.666. The zero-order chi connectivity index (χ0) is 14.0. The van der Waals surface area contributed by atoms with Crippen LogP contribution in [0, 0.1) is 31.0 Å². The third kappa shape index (κ3) is 2.57. The Morgan fingerprint density at radius 2 is 2.21 bits per heavy atom. The third-order valence-corrected chi connectivity index (χ3v) is 2.52. The van der Waals surface area contributed by atoms with Crippen molar-refractivity contribution in [3.63, 3.8) is 0 Å². The standard InChI is InChI=1S/C12H10FN5O/c1-6-9(13)3-8(5-14)4-10(6)16-12(19)11-15-7(2)17-18-11/h3-4H,1-2H3,(H,16,19)(H,15,17,18). The Morgan fingerprint density at radius 1 is 1.47 bits per heavy atom. The summed E-state index contributed by atoms with van der Waals surface area (Å²) in [4.78, 5) is 15.7. The highest BCUT2D eigenvalue weighted by Gasteiger charge is 2.14.